The Morgan fingerprint density at radius 2 is 1.96 bits per heavy atom. The van der Waals surface area contributed by atoms with Crippen LogP contribution in [0.15, 0.2) is 18.2 Å². The van der Waals surface area contributed by atoms with Crippen molar-refractivity contribution in [3.63, 3.8) is 0 Å². The van der Waals surface area contributed by atoms with E-state index in [1.807, 2.05) is 0 Å². The number of anilines is 1. The van der Waals surface area contributed by atoms with Crippen LogP contribution >= 0.6 is 11.6 Å². The second-order valence-electron chi connectivity index (χ2n) is 5.85. The third-order valence-electron chi connectivity index (χ3n) is 4.08. The van der Waals surface area contributed by atoms with Crippen molar-refractivity contribution >= 4 is 39.1 Å². The molecule has 2 fully saturated rings. The van der Waals surface area contributed by atoms with E-state index in [2.05, 4.69) is 0 Å². The fourth-order valence-corrected chi connectivity index (χ4v) is 4.90. The molecule has 1 unspecified atom stereocenters. The summed E-state index contributed by atoms with van der Waals surface area (Å²) in [6.45, 7) is 3.47. The standard InChI is InChI=1S/C15H17ClN2O5S/c1-10-9-24(21,22)18(14(10)19)11-2-3-12(13(16)8-11)15(20)17-4-6-23-7-5-17/h2-3,8,10H,4-7,9H2,1H3. The third kappa shape index (κ3) is 3.01. The summed E-state index contributed by atoms with van der Waals surface area (Å²) >= 11 is 6.19. The van der Waals surface area contributed by atoms with Gasteiger partial charge in [0, 0.05) is 13.1 Å². The van der Waals surface area contributed by atoms with E-state index in [1.54, 1.807) is 11.8 Å². The van der Waals surface area contributed by atoms with Crippen LogP contribution in [0.2, 0.25) is 5.02 Å². The van der Waals surface area contributed by atoms with Crippen LogP contribution in [0, 0.1) is 5.92 Å². The highest BCUT2D eigenvalue weighted by molar-refractivity contribution is 7.94. The molecule has 0 bridgehead atoms. The van der Waals surface area contributed by atoms with E-state index in [9.17, 15) is 18.0 Å². The zero-order valence-electron chi connectivity index (χ0n) is 13.1. The topological polar surface area (TPSA) is 84.0 Å². The lowest BCUT2D eigenvalue weighted by atomic mass is 10.1. The maximum Gasteiger partial charge on any atom is 0.255 e. The smallest absolute Gasteiger partial charge is 0.255 e. The molecule has 2 saturated heterocycles. The van der Waals surface area contributed by atoms with Gasteiger partial charge in [-0.25, -0.2) is 12.7 Å². The largest absolute Gasteiger partial charge is 0.378 e. The molecule has 130 valence electrons. The van der Waals surface area contributed by atoms with Gasteiger partial charge in [-0.15, -0.1) is 0 Å². The van der Waals surface area contributed by atoms with Crippen LogP contribution < -0.4 is 4.31 Å². The molecule has 24 heavy (non-hydrogen) atoms. The number of benzene rings is 1. The number of hydrogen-bond acceptors (Lipinski definition) is 5. The number of halogens is 1. The number of carbonyl (C=O) groups excluding carboxylic acids is 2. The van der Waals surface area contributed by atoms with Crippen molar-refractivity contribution < 1.29 is 22.7 Å². The van der Waals surface area contributed by atoms with Crippen LogP contribution in [0.5, 0.6) is 0 Å². The maximum absolute atomic E-state index is 12.5. The molecule has 1 aromatic carbocycles. The fraction of sp³-hybridized carbons (Fsp3) is 0.467. The quantitative estimate of drug-likeness (QED) is 0.776. The number of amides is 2. The van der Waals surface area contributed by atoms with Crippen LogP contribution in [0.1, 0.15) is 17.3 Å². The molecule has 0 saturated carbocycles. The Labute approximate surface area is 145 Å². The van der Waals surface area contributed by atoms with Gasteiger partial charge in [0.15, 0.2) is 0 Å². The molecule has 9 heteroatoms. The highest BCUT2D eigenvalue weighted by Gasteiger charge is 2.42. The summed E-state index contributed by atoms with van der Waals surface area (Å²) in [5.41, 5.74) is 0.437. The number of ether oxygens (including phenoxy) is 1. The summed E-state index contributed by atoms with van der Waals surface area (Å²) in [5.74, 6) is -1.54. The molecular formula is C15H17ClN2O5S. The van der Waals surface area contributed by atoms with Crippen molar-refractivity contribution in [1.29, 1.82) is 0 Å². The molecule has 2 aliphatic rings. The van der Waals surface area contributed by atoms with Crippen molar-refractivity contribution in [2.75, 3.05) is 36.4 Å². The van der Waals surface area contributed by atoms with Crippen LogP contribution in [0.4, 0.5) is 5.69 Å². The summed E-state index contributed by atoms with van der Waals surface area (Å²) in [4.78, 5) is 26.2. The van der Waals surface area contributed by atoms with E-state index in [4.69, 9.17) is 16.3 Å². The molecule has 0 N–H and O–H groups in total. The van der Waals surface area contributed by atoms with Gasteiger partial charge in [-0.2, -0.15) is 0 Å². The number of hydrogen-bond donors (Lipinski definition) is 0. The molecule has 0 aliphatic carbocycles. The predicted molar refractivity (Wildman–Crippen MR) is 88.6 cm³/mol. The molecule has 2 amide bonds. The number of sulfonamides is 1. The normalized spacial score (nSPS) is 23.6. The lowest BCUT2D eigenvalue weighted by Gasteiger charge is -2.27. The molecule has 0 spiro atoms. The first-order chi connectivity index (χ1) is 11.3. The van der Waals surface area contributed by atoms with E-state index < -0.39 is 21.8 Å². The summed E-state index contributed by atoms with van der Waals surface area (Å²) < 4.78 is 30.2. The van der Waals surface area contributed by atoms with Gasteiger partial charge in [0.05, 0.1) is 41.2 Å². The predicted octanol–water partition coefficient (Wildman–Crippen LogP) is 1.12. The molecular weight excluding hydrogens is 356 g/mol. The second-order valence-corrected chi connectivity index (χ2v) is 8.12. The summed E-state index contributed by atoms with van der Waals surface area (Å²) in [6, 6.07) is 4.25. The monoisotopic (exact) mass is 372 g/mol. The van der Waals surface area contributed by atoms with E-state index in [0.717, 1.165) is 4.31 Å². The average molecular weight is 373 g/mol. The Morgan fingerprint density at radius 1 is 1.29 bits per heavy atom. The fourth-order valence-electron chi connectivity index (χ4n) is 2.83. The maximum atomic E-state index is 12.5. The van der Waals surface area contributed by atoms with Gasteiger partial charge in [-0.1, -0.05) is 18.5 Å². The average Bonchev–Trinajstić information content (AvgIpc) is 2.75. The third-order valence-corrected chi connectivity index (χ3v) is 6.26. The highest BCUT2D eigenvalue weighted by atomic mass is 35.5. The first-order valence-electron chi connectivity index (χ1n) is 7.54. The minimum Gasteiger partial charge on any atom is -0.378 e. The summed E-state index contributed by atoms with van der Waals surface area (Å²) in [6.07, 6.45) is 0. The van der Waals surface area contributed by atoms with Crippen molar-refractivity contribution in [2.45, 2.75) is 6.92 Å². The van der Waals surface area contributed by atoms with Gasteiger partial charge in [0.2, 0.25) is 15.9 Å². The van der Waals surface area contributed by atoms with Gasteiger partial charge in [0.25, 0.3) is 5.91 Å². The highest BCUT2D eigenvalue weighted by Crippen LogP contribution is 2.31. The number of nitrogens with zero attached hydrogens (tertiary/aromatic N) is 2. The van der Waals surface area contributed by atoms with Gasteiger partial charge in [0.1, 0.15) is 0 Å². The molecule has 2 aliphatic heterocycles. The minimum atomic E-state index is -3.70. The second kappa shape index (κ2) is 6.34. The molecule has 1 aromatic rings. The van der Waals surface area contributed by atoms with Crippen LogP contribution in [-0.4, -0.2) is 57.2 Å². The minimum absolute atomic E-state index is 0.117. The Kier molecular flexibility index (Phi) is 4.54. The first-order valence-corrected chi connectivity index (χ1v) is 9.53. The van der Waals surface area contributed by atoms with Gasteiger partial charge in [-0.3, -0.25) is 9.59 Å². The van der Waals surface area contributed by atoms with E-state index in [-0.39, 0.29) is 27.9 Å². The molecule has 7 nitrogen and oxygen atoms in total. The van der Waals surface area contributed by atoms with E-state index >= 15 is 0 Å². The Bertz CT molecular complexity index is 789. The van der Waals surface area contributed by atoms with Gasteiger partial charge in [-0.05, 0) is 18.2 Å². The Morgan fingerprint density at radius 3 is 2.50 bits per heavy atom. The van der Waals surface area contributed by atoms with Crippen molar-refractivity contribution in [3.8, 4) is 0 Å². The van der Waals surface area contributed by atoms with E-state index in [1.165, 1.54) is 18.2 Å². The van der Waals surface area contributed by atoms with Crippen molar-refractivity contribution in [2.24, 2.45) is 5.92 Å². The molecule has 3 rings (SSSR count). The van der Waals surface area contributed by atoms with Crippen LogP contribution in [0.25, 0.3) is 0 Å². The molecule has 0 aromatic heterocycles. The first kappa shape index (κ1) is 17.2. The summed E-state index contributed by atoms with van der Waals surface area (Å²) in [7, 11) is -3.70. The van der Waals surface area contributed by atoms with Gasteiger partial charge < -0.3 is 9.64 Å². The SMILES string of the molecule is CC1CS(=O)(=O)N(c2ccc(C(=O)N3CCOCC3)c(Cl)c2)C1=O. The lowest BCUT2D eigenvalue weighted by molar-refractivity contribution is -0.119. The molecule has 2 heterocycles. The number of rotatable bonds is 2. The lowest BCUT2D eigenvalue weighted by Crippen LogP contribution is -2.40. The molecule has 0 radical (unpaired) electrons. The Balaban J connectivity index is 1.90. The zero-order chi connectivity index (χ0) is 17.5. The number of carbonyl (C=O) groups is 2. The summed E-state index contributed by atoms with van der Waals surface area (Å²) in [5, 5.41) is 0.117. The Hall–Kier alpha value is -1.64. The zero-order valence-corrected chi connectivity index (χ0v) is 14.6. The van der Waals surface area contributed by atoms with Gasteiger partial charge >= 0.3 is 0 Å². The van der Waals surface area contributed by atoms with Crippen LogP contribution in [-0.2, 0) is 19.6 Å². The van der Waals surface area contributed by atoms with Crippen molar-refractivity contribution in [3.05, 3.63) is 28.8 Å². The number of morpholine rings is 1. The molecule has 1 atom stereocenters. The van der Waals surface area contributed by atoms with E-state index in [0.29, 0.717) is 26.3 Å². The van der Waals surface area contributed by atoms with Crippen molar-refractivity contribution in [1.82, 2.24) is 4.90 Å². The van der Waals surface area contributed by atoms with Crippen LogP contribution in [0.3, 0.4) is 0 Å².